The van der Waals surface area contributed by atoms with E-state index in [1.54, 1.807) is 0 Å². The maximum atomic E-state index is 3.44. The Kier molecular flexibility index (Phi) is 5.05. The van der Waals surface area contributed by atoms with Gasteiger partial charge in [-0.25, -0.2) is 0 Å². The van der Waals surface area contributed by atoms with Crippen molar-refractivity contribution in [3.63, 3.8) is 0 Å². The van der Waals surface area contributed by atoms with Crippen molar-refractivity contribution in [3.05, 3.63) is 0 Å². The molecular formula is C2H7BrGe. The van der Waals surface area contributed by atoms with E-state index in [9.17, 15) is 0 Å². The first-order chi connectivity index (χ1) is 1.91. The topological polar surface area (TPSA) is 0 Å². The van der Waals surface area contributed by atoms with Crippen molar-refractivity contribution in [1.29, 1.82) is 0 Å². The summed E-state index contributed by atoms with van der Waals surface area (Å²) in [4.78, 5) is 0. The van der Waals surface area contributed by atoms with Gasteiger partial charge in [-0.1, -0.05) is 0 Å². The minimum atomic E-state index is -0.0764. The Hall–Kier alpha value is 1.02. The molecule has 0 N–H and O–H groups in total. The average Bonchev–Trinajstić information content (AvgIpc) is 1.37. The Morgan fingerprint density at radius 1 is 2.00 bits per heavy atom. The van der Waals surface area contributed by atoms with Crippen molar-refractivity contribution in [3.8, 4) is 0 Å². The van der Waals surface area contributed by atoms with Crippen molar-refractivity contribution in [1.82, 2.24) is 0 Å². The van der Waals surface area contributed by atoms with Crippen molar-refractivity contribution in [2.24, 2.45) is 0 Å². The normalized spacial score (nSPS) is 10.5. The molecule has 0 nitrogen and oxygen atoms in total. The first-order valence-corrected chi connectivity index (χ1v) is 10.5. The van der Waals surface area contributed by atoms with Gasteiger partial charge in [0.25, 0.3) is 0 Å². The molecule has 0 spiro atoms. The van der Waals surface area contributed by atoms with Crippen LogP contribution in [0.15, 0.2) is 0 Å². The van der Waals surface area contributed by atoms with Gasteiger partial charge < -0.3 is 0 Å². The van der Waals surface area contributed by atoms with Gasteiger partial charge in [-0.05, 0) is 0 Å². The molecule has 0 saturated heterocycles. The molecule has 0 aliphatic rings. The van der Waals surface area contributed by atoms with Gasteiger partial charge in [0.2, 0.25) is 0 Å². The van der Waals surface area contributed by atoms with E-state index < -0.39 is 0 Å². The molecule has 0 unspecified atom stereocenters. The standard InChI is InChI=1S/C2H7BrGe/c1-2-4-3/h2,4H2,1H3. The van der Waals surface area contributed by atoms with Crippen LogP contribution < -0.4 is 0 Å². The quantitative estimate of drug-likeness (QED) is 0.530. The summed E-state index contributed by atoms with van der Waals surface area (Å²) in [5.74, 6) is 0. The summed E-state index contributed by atoms with van der Waals surface area (Å²) in [5, 5.41) is 1.42. The first kappa shape index (κ1) is 5.02. The molecule has 0 bridgehead atoms. The van der Waals surface area contributed by atoms with Gasteiger partial charge in [0.15, 0.2) is 0 Å². The fourth-order valence-electron chi connectivity index (χ4n) is 0. The average molecular weight is 184 g/mol. The zero-order valence-electron chi connectivity index (χ0n) is 2.79. The van der Waals surface area contributed by atoms with E-state index in [4.69, 9.17) is 0 Å². The van der Waals surface area contributed by atoms with Crippen molar-refractivity contribution in [2.75, 3.05) is 0 Å². The Morgan fingerprint density at radius 2 is 2.25 bits per heavy atom. The summed E-state index contributed by atoms with van der Waals surface area (Å²) in [6, 6.07) is 0. The van der Waals surface area contributed by atoms with Gasteiger partial charge in [-0.2, -0.15) is 0 Å². The fourth-order valence-corrected chi connectivity index (χ4v) is 0. The second-order valence-electron chi connectivity index (χ2n) is 0.689. The summed E-state index contributed by atoms with van der Waals surface area (Å²) >= 11 is 3.36. The van der Waals surface area contributed by atoms with Crippen molar-refractivity contribution < 1.29 is 0 Å². The maximum absolute atomic E-state index is 3.44. The van der Waals surface area contributed by atoms with E-state index in [0.717, 1.165) is 0 Å². The molecule has 2 heteroatoms. The van der Waals surface area contributed by atoms with E-state index in [2.05, 4.69) is 20.9 Å². The number of hydrogen-bond donors (Lipinski definition) is 0. The number of hydrogen-bond acceptors (Lipinski definition) is 0. The van der Waals surface area contributed by atoms with Crippen LogP contribution in [-0.4, -0.2) is 13.6 Å². The van der Waals surface area contributed by atoms with Crippen LogP contribution in [0, 0.1) is 0 Å². The van der Waals surface area contributed by atoms with Crippen LogP contribution in [0.3, 0.4) is 0 Å². The monoisotopic (exact) mass is 184 g/mol. The van der Waals surface area contributed by atoms with Crippen LogP contribution in [0.25, 0.3) is 0 Å². The molecule has 0 radical (unpaired) electrons. The van der Waals surface area contributed by atoms with Crippen molar-refractivity contribution in [2.45, 2.75) is 12.2 Å². The Balaban J connectivity index is 1.97. The van der Waals surface area contributed by atoms with Crippen LogP contribution in [-0.2, 0) is 0 Å². The van der Waals surface area contributed by atoms with Gasteiger partial charge in [0.1, 0.15) is 0 Å². The molecule has 4 heavy (non-hydrogen) atoms. The second kappa shape index (κ2) is 4.02. The van der Waals surface area contributed by atoms with Gasteiger partial charge in [0.05, 0.1) is 0 Å². The predicted molar refractivity (Wildman–Crippen MR) is 28.0 cm³/mol. The summed E-state index contributed by atoms with van der Waals surface area (Å²) in [6.45, 7) is 2.22. The second-order valence-corrected chi connectivity index (χ2v) is 7.70. The zero-order chi connectivity index (χ0) is 3.41. The predicted octanol–water partition coefficient (Wildman–Crippen LogP) is 0.903. The SMILES string of the molecule is C[CH2][GeH2][Br]. The Bertz CT molecular complexity index is 8.00. The van der Waals surface area contributed by atoms with E-state index >= 15 is 0 Å². The molecular weight excluding hydrogens is 177 g/mol. The molecule has 0 atom stereocenters. The minimum absolute atomic E-state index is 0.0764. The summed E-state index contributed by atoms with van der Waals surface area (Å²) < 4.78 is 0. The van der Waals surface area contributed by atoms with Gasteiger partial charge in [-0.15, -0.1) is 0 Å². The number of rotatable bonds is 1. The zero-order valence-corrected chi connectivity index (χ0v) is 7.35. The summed E-state index contributed by atoms with van der Waals surface area (Å²) in [5.41, 5.74) is 0. The van der Waals surface area contributed by atoms with Crippen LogP contribution in [0.1, 0.15) is 6.92 Å². The molecule has 0 aliphatic heterocycles. The van der Waals surface area contributed by atoms with Crippen LogP contribution >= 0.6 is 14.0 Å². The fraction of sp³-hybridized carbons (Fsp3) is 1.00. The van der Waals surface area contributed by atoms with E-state index in [1.165, 1.54) is 5.25 Å². The molecule has 0 rings (SSSR count). The molecule has 0 aliphatic carbocycles. The first-order valence-electron chi connectivity index (χ1n) is 1.47. The molecule has 0 heterocycles. The Labute approximate surface area is 40.1 Å². The van der Waals surface area contributed by atoms with E-state index in [1.807, 2.05) is 0 Å². The summed E-state index contributed by atoms with van der Waals surface area (Å²) in [6.07, 6.45) is 0. The van der Waals surface area contributed by atoms with Gasteiger partial charge >= 0.3 is 39.8 Å². The third-order valence-corrected chi connectivity index (χ3v) is 5.10. The Morgan fingerprint density at radius 3 is 2.25 bits per heavy atom. The third kappa shape index (κ3) is 3.02. The van der Waals surface area contributed by atoms with Gasteiger partial charge in [-0.3, -0.25) is 0 Å². The van der Waals surface area contributed by atoms with Crippen LogP contribution in [0.2, 0.25) is 5.25 Å². The molecule has 0 aromatic rings. The van der Waals surface area contributed by atoms with Crippen LogP contribution in [0.4, 0.5) is 0 Å². The molecule has 0 amide bonds. The van der Waals surface area contributed by atoms with Crippen LogP contribution in [0.5, 0.6) is 0 Å². The van der Waals surface area contributed by atoms with E-state index in [-0.39, 0.29) is 13.6 Å². The molecule has 0 aromatic heterocycles. The van der Waals surface area contributed by atoms with Gasteiger partial charge in [0, 0.05) is 0 Å². The molecule has 26 valence electrons. The number of halogens is 1. The third-order valence-electron chi connectivity index (χ3n) is 0.189. The molecule has 0 saturated carbocycles. The van der Waals surface area contributed by atoms with Crippen molar-refractivity contribution >= 4 is 27.6 Å². The molecule has 0 fully saturated rings. The molecule has 0 aromatic carbocycles. The summed E-state index contributed by atoms with van der Waals surface area (Å²) in [7, 11) is 0. The van der Waals surface area contributed by atoms with E-state index in [0.29, 0.717) is 0 Å².